The lowest BCUT2D eigenvalue weighted by Crippen LogP contribution is -1.90. The molecule has 0 aliphatic rings. The molecular formula is C10H10N2S2. The molecule has 2 rings (SSSR count). The number of benzene rings is 1. The predicted molar refractivity (Wildman–Crippen MR) is 61.8 cm³/mol. The minimum Gasteiger partial charge on any atom is -0.398 e. The summed E-state index contributed by atoms with van der Waals surface area (Å²) < 4.78 is 1.05. The third-order valence-corrected chi connectivity index (χ3v) is 3.98. The summed E-state index contributed by atoms with van der Waals surface area (Å²) in [4.78, 5) is 5.40. The number of rotatable bonds is 2. The summed E-state index contributed by atoms with van der Waals surface area (Å²) in [7, 11) is 0. The average Bonchev–Trinajstić information content (AvgIpc) is 2.66. The molecule has 0 atom stereocenters. The number of nitrogens with zero attached hydrogens (tertiary/aromatic N) is 1. The Balaban J connectivity index is 2.29. The Kier molecular flexibility index (Phi) is 2.74. The Morgan fingerprint density at radius 2 is 2.29 bits per heavy atom. The molecule has 2 N–H and O–H groups in total. The molecule has 0 radical (unpaired) electrons. The lowest BCUT2D eigenvalue weighted by molar-refractivity contribution is 1.23. The molecule has 2 nitrogen and oxygen atoms in total. The van der Waals surface area contributed by atoms with Crippen molar-refractivity contribution in [2.45, 2.75) is 16.2 Å². The van der Waals surface area contributed by atoms with Crippen LogP contribution in [0.25, 0.3) is 0 Å². The van der Waals surface area contributed by atoms with Crippen molar-refractivity contribution in [1.29, 1.82) is 0 Å². The van der Waals surface area contributed by atoms with Crippen molar-refractivity contribution in [3.05, 3.63) is 35.3 Å². The van der Waals surface area contributed by atoms with E-state index in [9.17, 15) is 0 Å². The molecule has 0 aliphatic carbocycles. The standard InChI is InChI=1S/C10H10N2S2/c1-7-8(11)3-2-4-9(7)14-10-12-5-6-13-10/h2-6H,11H2,1H3. The Morgan fingerprint density at radius 3 is 3.00 bits per heavy atom. The Morgan fingerprint density at radius 1 is 1.43 bits per heavy atom. The molecule has 1 heterocycles. The van der Waals surface area contributed by atoms with Crippen LogP contribution in [0.2, 0.25) is 0 Å². The Bertz CT molecular complexity index is 424. The van der Waals surface area contributed by atoms with Gasteiger partial charge in [0.2, 0.25) is 0 Å². The van der Waals surface area contributed by atoms with E-state index >= 15 is 0 Å². The highest BCUT2D eigenvalue weighted by atomic mass is 32.2. The van der Waals surface area contributed by atoms with Gasteiger partial charge in [-0.05, 0) is 24.6 Å². The second kappa shape index (κ2) is 4.02. The van der Waals surface area contributed by atoms with Crippen molar-refractivity contribution in [3.8, 4) is 0 Å². The van der Waals surface area contributed by atoms with Gasteiger partial charge in [0.15, 0.2) is 4.34 Å². The van der Waals surface area contributed by atoms with Crippen LogP contribution in [0.1, 0.15) is 5.56 Å². The lowest BCUT2D eigenvalue weighted by atomic mass is 10.2. The molecule has 4 heteroatoms. The van der Waals surface area contributed by atoms with Crippen LogP contribution in [0.4, 0.5) is 5.69 Å². The molecule has 0 unspecified atom stereocenters. The normalized spacial score (nSPS) is 10.4. The van der Waals surface area contributed by atoms with Gasteiger partial charge >= 0.3 is 0 Å². The number of aromatic nitrogens is 1. The molecule has 0 amide bonds. The number of anilines is 1. The van der Waals surface area contributed by atoms with Crippen LogP contribution >= 0.6 is 23.1 Å². The fourth-order valence-electron chi connectivity index (χ4n) is 1.10. The van der Waals surface area contributed by atoms with Gasteiger partial charge in [-0.1, -0.05) is 17.8 Å². The molecule has 0 fully saturated rings. The number of thiazole rings is 1. The van der Waals surface area contributed by atoms with Gasteiger partial charge < -0.3 is 5.73 Å². The van der Waals surface area contributed by atoms with Gasteiger partial charge in [0, 0.05) is 22.2 Å². The molecule has 0 saturated heterocycles. The minimum atomic E-state index is 0.839. The third-order valence-electron chi connectivity index (χ3n) is 1.93. The molecule has 72 valence electrons. The van der Waals surface area contributed by atoms with Crippen molar-refractivity contribution >= 4 is 28.8 Å². The van der Waals surface area contributed by atoms with Crippen LogP contribution in [0.15, 0.2) is 39.0 Å². The predicted octanol–water partition coefficient (Wildman–Crippen LogP) is 3.18. The van der Waals surface area contributed by atoms with E-state index in [2.05, 4.69) is 11.1 Å². The zero-order valence-corrected chi connectivity index (χ0v) is 9.36. The summed E-state index contributed by atoms with van der Waals surface area (Å²) in [5, 5.41) is 1.98. The number of hydrogen-bond donors (Lipinski definition) is 1. The van der Waals surface area contributed by atoms with Crippen molar-refractivity contribution in [1.82, 2.24) is 4.98 Å². The molecule has 1 aromatic heterocycles. The van der Waals surface area contributed by atoms with Crippen molar-refractivity contribution in [2.75, 3.05) is 5.73 Å². The zero-order chi connectivity index (χ0) is 9.97. The van der Waals surface area contributed by atoms with Crippen LogP contribution in [-0.2, 0) is 0 Å². The highest BCUT2D eigenvalue weighted by molar-refractivity contribution is 8.01. The fraction of sp³-hybridized carbons (Fsp3) is 0.100. The number of hydrogen-bond acceptors (Lipinski definition) is 4. The van der Waals surface area contributed by atoms with Crippen LogP contribution in [0.3, 0.4) is 0 Å². The summed E-state index contributed by atoms with van der Waals surface area (Å²) >= 11 is 3.31. The smallest absolute Gasteiger partial charge is 0.154 e. The first-order chi connectivity index (χ1) is 6.77. The largest absolute Gasteiger partial charge is 0.398 e. The second-order valence-electron chi connectivity index (χ2n) is 2.87. The summed E-state index contributed by atoms with van der Waals surface area (Å²) in [6, 6.07) is 5.96. The maximum absolute atomic E-state index is 5.82. The molecule has 0 saturated carbocycles. The molecule has 14 heavy (non-hydrogen) atoms. The van der Waals surface area contributed by atoms with Gasteiger partial charge in [-0.2, -0.15) is 0 Å². The van der Waals surface area contributed by atoms with Crippen LogP contribution in [-0.4, -0.2) is 4.98 Å². The van der Waals surface area contributed by atoms with Gasteiger partial charge in [0.05, 0.1) is 0 Å². The van der Waals surface area contributed by atoms with Crippen molar-refractivity contribution in [3.63, 3.8) is 0 Å². The van der Waals surface area contributed by atoms with E-state index in [0.29, 0.717) is 0 Å². The molecule has 2 aromatic rings. The minimum absolute atomic E-state index is 0.839. The van der Waals surface area contributed by atoms with Gasteiger partial charge in [0.25, 0.3) is 0 Å². The molecule has 1 aromatic carbocycles. The molecule has 0 bridgehead atoms. The van der Waals surface area contributed by atoms with E-state index in [4.69, 9.17) is 5.73 Å². The van der Waals surface area contributed by atoms with E-state index in [0.717, 1.165) is 15.6 Å². The van der Waals surface area contributed by atoms with Crippen molar-refractivity contribution in [2.24, 2.45) is 0 Å². The topological polar surface area (TPSA) is 38.9 Å². The van der Waals surface area contributed by atoms with E-state index in [1.54, 1.807) is 23.1 Å². The highest BCUT2D eigenvalue weighted by Gasteiger charge is 2.04. The number of nitrogens with two attached hydrogens (primary N) is 1. The van der Waals surface area contributed by atoms with Crippen LogP contribution < -0.4 is 5.73 Å². The van der Waals surface area contributed by atoms with E-state index in [1.807, 2.05) is 30.6 Å². The highest BCUT2D eigenvalue weighted by Crippen LogP contribution is 2.33. The first-order valence-electron chi connectivity index (χ1n) is 4.20. The summed E-state index contributed by atoms with van der Waals surface area (Å²) in [5.74, 6) is 0. The van der Waals surface area contributed by atoms with Crippen molar-refractivity contribution < 1.29 is 0 Å². The Labute approximate surface area is 91.2 Å². The maximum atomic E-state index is 5.82. The Hall–Kier alpha value is -1.00. The molecule has 0 spiro atoms. The fourth-order valence-corrected chi connectivity index (χ4v) is 2.80. The summed E-state index contributed by atoms with van der Waals surface area (Å²) in [6.07, 6.45) is 1.81. The zero-order valence-electron chi connectivity index (χ0n) is 7.73. The summed E-state index contributed by atoms with van der Waals surface area (Å²) in [6.45, 7) is 2.03. The van der Waals surface area contributed by atoms with Crippen LogP contribution in [0.5, 0.6) is 0 Å². The quantitative estimate of drug-likeness (QED) is 0.793. The SMILES string of the molecule is Cc1c(N)cccc1Sc1nccs1. The lowest BCUT2D eigenvalue weighted by Gasteiger charge is -2.05. The van der Waals surface area contributed by atoms with E-state index in [1.165, 1.54) is 4.90 Å². The van der Waals surface area contributed by atoms with Gasteiger partial charge in [0.1, 0.15) is 0 Å². The van der Waals surface area contributed by atoms with Gasteiger partial charge in [-0.3, -0.25) is 0 Å². The number of nitrogen functional groups attached to an aromatic ring is 1. The summed E-state index contributed by atoms with van der Waals surface area (Å²) in [5.41, 5.74) is 7.79. The van der Waals surface area contributed by atoms with E-state index < -0.39 is 0 Å². The third kappa shape index (κ3) is 1.91. The van der Waals surface area contributed by atoms with Gasteiger partial charge in [-0.25, -0.2) is 4.98 Å². The van der Waals surface area contributed by atoms with Gasteiger partial charge in [-0.15, -0.1) is 11.3 Å². The van der Waals surface area contributed by atoms with E-state index in [-0.39, 0.29) is 0 Å². The second-order valence-corrected chi connectivity index (χ2v) is 5.05. The first kappa shape index (κ1) is 9.55. The monoisotopic (exact) mass is 222 g/mol. The maximum Gasteiger partial charge on any atom is 0.154 e. The first-order valence-corrected chi connectivity index (χ1v) is 5.89. The van der Waals surface area contributed by atoms with Crippen LogP contribution in [0, 0.1) is 6.92 Å². The molecular weight excluding hydrogens is 212 g/mol. The molecule has 0 aliphatic heterocycles. The average molecular weight is 222 g/mol.